The zero-order chi connectivity index (χ0) is 14.4. The summed E-state index contributed by atoms with van der Waals surface area (Å²) < 4.78 is 5.16. The monoisotopic (exact) mass is 301 g/mol. The van der Waals surface area contributed by atoms with Crippen LogP contribution in [0, 0.1) is 0 Å². The first kappa shape index (κ1) is 15.2. The lowest BCUT2D eigenvalue weighted by Gasteiger charge is -2.13. The van der Waals surface area contributed by atoms with E-state index in [9.17, 15) is 4.79 Å². The first-order chi connectivity index (χ1) is 8.97. The molecule has 102 valence electrons. The number of benzene rings is 1. The number of anilines is 1. The van der Waals surface area contributed by atoms with Crippen LogP contribution in [0.15, 0.2) is 40.3 Å². The van der Waals surface area contributed by atoms with Crippen molar-refractivity contribution in [2.75, 3.05) is 12.4 Å². The maximum atomic E-state index is 10.7. The van der Waals surface area contributed by atoms with E-state index in [0.717, 1.165) is 6.29 Å². The summed E-state index contributed by atoms with van der Waals surface area (Å²) in [5.74, 6) is 0.460. The van der Waals surface area contributed by atoms with Crippen LogP contribution in [-0.2, 0) is 0 Å². The molecule has 0 aliphatic rings. The third-order valence-electron chi connectivity index (χ3n) is 2.17. The summed E-state index contributed by atoms with van der Waals surface area (Å²) in [4.78, 5) is 10.7. The molecule has 0 heterocycles. The Hall–Kier alpha value is -1.85. The summed E-state index contributed by atoms with van der Waals surface area (Å²) in [5, 5.41) is 2.94. The molecule has 0 radical (unpaired) electrons. The van der Waals surface area contributed by atoms with Crippen molar-refractivity contribution in [3.63, 3.8) is 0 Å². The molecule has 0 saturated heterocycles. The number of hydrogen-bond acceptors (Lipinski definition) is 5. The fourth-order valence-electron chi connectivity index (χ4n) is 1.33. The van der Waals surface area contributed by atoms with Gasteiger partial charge in [0.1, 0.15) is 22.3 Å². The molecule has 5 N–H and O–H groups in total. The minimum atomic E-state index is -0.00915. The zero-order valence-corrected chi connectivity index (χ0v) is 11.6. The topological polar surface area (TPSA) is 90.4 Å². The standard InChI is InChI=1S/C12H13Cl2N3O2/c1-19-10-4-7(6-18)2-3-8(10)17-9(12(14)16)5-11(13)15/h2-6,17H,15-16H2,1H3/b11-5-,12-9+. The molecule has 1 rings (SSSR count). The van der Waals surface area contributed by atoms with Gasteiger partial charge < -0.3 is 21.5 Å². The van der Waals surface area contributed by atoms with Gasteiger partial charge in [-0.05, 0) is 24.3 Å². The van der Waals surface area contributed by atoms with E-state index in [0.29, 0.717) is 22.7 Å². The maximum Gasteiger partial charge on any atom is 0.150 e. The van der Waals surface area contributed by atoms with Crippen molar-refractivity contribution in [2.45, 2.75) is 0 Å². The van der Waals surface area contributed by atoms with Gasteiger partial charge in [-0.1, -0.05) is 23.2 Å². The Balaban J connectivity index is 3.14. The van der Waals surface area contributed by atoms with Gasteiger partial charge in [-0.15, -0.1) is 0 Å². The lowest BCUT2D eigenvalue weighted by Crippen LogP contribution is -2.07. The molecular weight excluding hydrogens is 289 g/mol. The van der Waals surface area contributed by atoms with Gasteiger partial charge in [0.2, 0.25) is 0 Å². The highest BCUT2D eigenvalue weighted by atomic mass is 35.5. The second kappa shape index (κ2) is 6.92. The van der Waals surface area contributed by atoms with Gasteiger partial charge in [-0.2, -0.15) is 0 Å². The number of hydrogen-bond donors (Lipinski definition) is 3. The van der Waals surface area contributed by atoms with Gasteiger partial charge in [-0.3, -0.25) is 4.79 Å². The number of rotatable bonds is 5. The average molecular weight is 302 g/mol. The molecule has 0 fully saturated rings. The van der Waals surface area contributed by atoms with E-state index < -0.39 is 0 Å². The number of methoxy groups -OCH3 is 1. The molecule has 7 heteroatoms. The Labute approximate surface area is 120 Å². The fraction of sp³-hybridized carbons (Fsp3) is 0.0833. The van der Waals surface area contributed by atoms with Crippen molar-refractivity contribution in [3.05, 3.63) is 45.8 Å². The second-order valence-corrected chi connectivity index (χ2v) is 4.34. The lowest BCUT2D eigenvalue weighted by atomic mass is 10.2. The SMILES string of the molecule is COc1cc(C=O)ccc1NC(/C=C(\N)Cl)=C(/N)Cl. The van der Waals surface area contributed by atoms with Crippen molar-refractivity contribution in [1.82, 2.24) is 0 Å². The third-order valence-corrected chi connectivity index (χ3v) is 2.48. The minimum Gasteiger partial charge on any atom is -0.495 e. The average Bonchev–Trinajstić information content (AvgIpc) is 2.37. The summed E-state index contributed by atoms with van der Waals surface area (Å²) in [6.07, 6.45) is 2.09. The maximum absolute atomic E-state index is 10.7. The molecule has 0 aliphatic heterocycles. The molecule has 0 aliphatic carbocycles. The predicted octanol–water partition coefficient (Wildman–Crippen LogP) is 2.33. The van der Waals surface area contributed by atoms with Gasteiger partial charge in [0.05, 0.1) is 18.5 Å². The van der Waals surface area contributed by atoms with E-state index in [4.69, 9.17) is 39.4 Å². The largest absolute Gasteiger partial charge is 0.495 e. The van der Waals surface area contributed by atoms with Crippen molar-refractivity contribution < 1.29 is 9.53 Å². The highest BCUT2D eigenvalue weighted by Gasteiger charge is 2.07. The van der Waals surface area contributed by atoms with Gasteiger partial charge in [0, 0.05) is 5.56 Å². The van der Waals surface area contributed by atoms with E-state index >= 15 is 0 Å². The third kappa shape index (κ3) is 4.39. The Kier molecular flexibility index (Phi) is 5.54. The molecule has 0 saturated carbocycles. The van der Waals surface area contributed by atoms with Crippen molar-refractivity contribution in [2.24, 2.45) is 11.5 Å². The first-order valence-corrected chi connectivity index (χ1v) is 5.91. The summed E-state index contributed by atoms with van der Waals surface area (Å²) >= 11 is 11.3. The Morgan fingerprint density at radius 3 is 2.53 bits per heavy atom. The Morgan fingerprint density at radius 2 is 2.05 bits per heavy atom. The van der Waals surface area contributed by atoms with Crippen molar-refractivity contribution >= 4 is 35.2 Å². The molecule has 19 heavy (non-hydrogen) atoms. The number of carbonyl (C=O) groups is 1. The van der Waals surface area contributed by atoms with Crippen LogP contribution in [0.2, 0.25) is 0 Å². The number of carbonyl (C=O) groups excluding carboxylic acids is 1. The van der Waals surface area contributed by atoms with Gasteiger partial charge in [0.25, 0.3) is 0 Å². The normalized spacial score (nSPS) is 12.7. The molecular formula is C12H13Cl2N3O2. The fourth-order valence-corrected chi connectivity index (χ4v) is 1.54. The molecule has 0 spiro atoms. The molecule has 0 aromatic heterocycles. The van der Waals surface area contributed by atoms with Crippen LogP contribution >= 0.6 is 23.2 Å². The van der Waals surface area contributed by atoms with Crippen LogP contribution < -0.4 is 21.5 Å². The number of nitrogens with one attached hydrogen (secondary N) is 1. The number of allylic oxidation sites excluding steroid dienone is 1. The van der Waals surface area contributed by atoms with Gasteiger partial charge in [0.15, 0.2) is 0 Å². The van der Waals surface area contributed by atoms with Crippen LogP contribution in [0.4, 0.5) is 5.69 Å². The molecule has 0 unspecified atom stereocenters. The van der Waals surface area contributed by atoms with Crippen LogP contribution in [-0.4, -0.2) is 13.4 Å². The summed E-state index contributed by atoms with van der Waals surface area (Å²) in [7, 11) is 1.48. The molecule has 1 aromatic rings. The quantitative estimate of drug-likeness (QED) is 0.441. The summed E-state index contributed by atoms with van der Waals surface area (Å²) in [6.45, 7) is 0. The molecule has 0 bridgehead atoms. The molecule has 5 nitrogen and oxygen atoms in total. The zero-order valence-electron chi connectivity index (χ0n) is 10.1. The van der Waals surface area contributed by atoms with E-state index in [1.54, 1.807) is 18.2 Å². The highest BCUT2D eigenvalue weighted by molar-refractivity contribution is 6.31. The summed E-state index contributed by atoms with van der Waals surface area (Å²) in [5.41, 5.74) is 12.2. The minimum absolute atomic E-state index is 0.00915. The predicted molar refractivity (Wildman–Crippen MR) is 77.2 cm³/mol. The highest BCUT2D eigenvalue weighted by Crippen LogP contribution is 2.27. The first-order valence-electron chi connectivity index (χ1n) is 5.16. The number of halogens is 2. The van der Waals surface area contributed by atoms with E-state index in [1.807, 2.05) is 0 Å². The molecule has 0 atom stereocenters. The smallest absolute Gasteiger partial charge is 0.150 e. The van der Waals surface area contributed by atoms with Crippen LogP contribution in [0.3, 0.4) is 0 Å². The molecule has 1 aromatic carbocycles. The number of ether oxygens (including phenoxy) is 1. The van der Waals surface area contributed by atoms with Crippen LogP contribution in [0.5, 0.6) is 5.75 Å². The number of nitrogens with two attached hydrogens (primary N) is 2. The molecule has 0 amide bonds. The lowest BCUT2D eigenvalue weighted by molar-refractivity contribution is 0.112. The second-order valence-electron chi connectivity index (χ2n) is 3.49. The van der Waals surface area contributed by atoms with Crippen LogP contribution in [0.25, 0.3) is 0 Å². The van der Waals surface area contributed by atoms with Gasteiger partial charge >= 0.3 is 0 Å². The van der Waals surface area contributed by atoms with Crippen LogP contribution in [0.1, 0.15) is 10.4 Å². The Morgan fingerprint density at radius 1 is 1.37 bits per heavy atom. The number of aldehydes is 1. The van der Waals surface area contributed by atoms with Crippen molar-refractivity contribution in [3.8, 4) is 5.75 Å². The van der Waals surface area contributed by atoms with E-state index in [-0.39, 0.29) is 10.3 Å². The van der Waals surface area contributed by atoms with Gasteiger partial charge in [-0.25, -0.2) is 0 Å². The Bertz CT molecular complexity index is 534. The van der Waals surface area contributed by atoms with Crippen molar-refractivity contribution in [1.29, 1.82) is 0 Å². The van der Waals surface area contributed by atoms with E-state index in [1.165, 1.54) is 13.2 Å². The van der Waals surface area contributed by atoms with E-state index in [2.05, 4.69) is 5.32 Å². The summed E-state index contributed by atoms with van der Waals surface area (Å²) in [6, 6.07) is 4.85.